The first-order chi connectivity index (χ1) is 5.25. The molecule has 1 aliphatic rings. The van der Waals surface area contributed by atoms with Crippen LogP contribution in [-0.2, 0) is 4.79 Å². The Kier molecular flexibility index (Phi) is 5.25. The van der Waals surface area contributed by atoms with Gasteiger partial charge in [-0.15, -0.1) is 12.4 Å². The minimum atomic E-state index is -0.709. The summed E-state index contributed by atoms with van der Waals surface area (Å²) in [6.07, 6.45) is 4.52. The van der Waals surface area contributed by atoms with Crippen molar-refractivity contribution in [3.05, 3.63) is 0 Å². The minimum Gasteiger partial charge on any atom is -0.480 e. The third-order valence-corrected chi connectivity index (χ3v) is 2.45. The van der Waals surface area contributed by atoms with Crippen molar-refractivity contribution in [3.63, 3.8) is 0 Å². The van der Waals surface area contributed by atoms with E-state index in [0.717, 1.165) is 12.8 Å². The highest BCUT2D eigenvalue weighted by atomic mass is 35.5. The Morgan fingerprint density at radius 3 is 2.33 bits per heavy atom. The maximum Gasteiger partial charge on any atom is 0.320 e. The number of carboxylic acids is 1. The Morgan fingerprint density at radius 2 is 2.00 bits per heavy atom. The van der Waals surface area contributed by atoms with Crippen LogP contribution in [-0.4, -0.2) is 24.2 Å². The number of nitrogens with one attached hydrogen (secondary N) is 1. The van der Waals surface area contributed by atoms with Crippen LogP contribution in [0.4, 0.5) is 0 Å². The van der Waals surface area contributed by atoms with Gasteiger partial charge in [0.05, 0.1) is 0 Å². The zero-order chi connectivity index (χ0) is 8.27. The number of likely N-dealkylation sites (N-methyl/N-ethyl adjacent to an activating group) is 1. The number of carboxylic acid groups (broad SMARTS) is 1. The van der Waals surface area contributed by atoms with Gasteiger partial charge in [-0.05, 0) is 25.8 Å². The van der Waals surface area contributed by atoms with Gasteiger partial charge in [0.15, 0.2) is 0 Å². The normalized spacial score (nSPS) is 20.1. The lowest BCUT2D eigenvalue weighted by atomic mass is 9.99. The lowest BCUT2D eigenvalue weighted by Crippen LogP contribution is -2.39. The number of rotatable bonds is 3. The monoisotopic (exact) mass is 193 g/mol. The van der Waals surface area contributed by atoms with Crippen molar-refractivity contribution in [2.45, 2.75) is 31.7 Å². The van der Waals surface area contributed by atoms with Crippen LogP contribution in [0.2, 0.25) is 0 Å². The fourth-order valence-corrected chi connectivity index (χ4v) is 1.85. The lowest BCUT2D eigenvalue weighted by molar-refractivity contribution is -0.140. The first-order valence-electron chi connectivity index (χ1n) is 4.15. The summed E-state index contributed by atoms with van der Waals surface area (Å²) in [5, 5.41) is 11.6. The first kappa shape index (κ1) is 11.7. The van der Waals surface area contributed by atoms with Crippen molar-refractivity contribution in [2.24, 2.45) is 5.92 Å². The summed E-state index contributed by atoms with van der Waals surface area (Å²) in [5.41, 5.74) is 0. The molecule has 0 amide bonds. The van der Waals surface area contributed by atoms with Gasteiger partial charge < -0.3 is 10.4 Å². The SMILES string of the molecule is CNC(C(=O)O)C1CCCC1.Cl. The van der Waals surface area contributed by atoms with Gasteiger partial charge in [0.1, 0.15) is 6.04 Å². The lowest BCUT2D eigenvalue weighted by Gasteiger charge is -2.17. The largest absolute Gasteiger partial charge is 0.480 e. The van der Waals surface area contributed by atoms with Gasteiger partial charge in [-0.2, -0.15) is 0 Å². The van der Waals surface area contributed by atoms with Crippen LogP contribution >= 0.6 is 12.4 Å². The third-order valence-electron chi connectivity index (χ3n) is 2.45. The second-order valence-electron chi connectivity index (χ2n) is 3.15. The van der Waals surface area contributed by atoms with Gasteiger partial charge in [0, 0.05) is 0 Å². The van der Waals surface area contributed by atoms with E-state index in [-0.39, 0.29) is 18.4 Å². The molecular formula is C8H16ClNO2. The van der Waals surface area contributed by atoms with Crippen LogP contribution in [0.1, 0.15) is 25.7 Å². The smallest absolute Gasteiger partial charge is 0.320 e. The maximum atomic E-state index is 10.7. The van der Waals surface area contributed by atoms with E-state index in [4.69, 9.17) is 5.11 Å². The number of hydrogen-bond acceptors (Lipinski definition) is 2. The van der Waals surface area contributed by atoms with Crippen molar-refractivity contribution < 1.29 is 9.90 Å². The molecule has 12 heavy (non-hydrogen) atoms. The summed E-state index contributed by atoms with van der Waals surface area (Å²) < 4.78 is 0. The Labute approximate surface area is 78.9 Å². The van der Waals surface area contributed by atoms with Crippen LogP contribution in [0.3, 0.4) is 0 Å². The number of aliphatic carboxylic acids is 1. The van der Waals surface area contributed by atoms with Gasteiger partial charge in [-0.3, -0.25) is 4.79 Å². The predicted octanol–water partition coefficient (Wildman–Crippen LogP) is 1.27. The Hall–Kier alpha value is -0.280. The van der Waals surface area contributed by atoms with E-state index in [2.05, 4.69) is 5.32 Å². The highest BCUT2D eigenvalue weighted by Crippen LogP contribution is 2.27. The van der Waals surface area contributed by atoms with Crippen LogP contribution in [0.25, 0.3) is 0 Å². The molecule has 0 aromatic heterocycles. The summed E-state index contributed by atoms with van der Waals surface area (Å²) in [6, 6.07) is -0.322. The van der Waals surface area contributed by atoms with Gasteiger partial charge in [0.25, 0.3) is 0 Å². The number of hydrogen-bond donors (Lipinski definition) is 2. The Morgan fingerprint density at radius 1 is 1.50 bits per heavy atom. The van der Waals surface area contributed by atoms with Gasteiger partial charge in [0.2, 0.25) is 0 Å². The maximum absolute atomic E-state index is 10.7. The van der Waals surface area contributed by atoms with E-state index in [0.29, 0.717) is 5.92 Å². The topological polar surface area (TPSA) is 49.3 Å². The average Bonchev–Trinajstić information content (AvgIpc) is 2.40. The minimum absolute atomic E-state index is 0. The molecule has 72 valence electrons. The quantitative estimate of drug-likeness (QED) is 0.710. The van der Waals surface area contributed by atoms with Crippen molar-refractivity contribution in [1.82, 2.24) is 5.32 Å². The molecule has 1 unspecified atom stereocenters. The summed E-state index contributed by atoms with van der Waals surface area (Å²) >= 11 is 0. The summed E-state index contributed by atoms with van der Waals surface area (Å²) in [7, 11) is 1.72. The molecule has 4 heteroatoms. The van der Waals surface area contributed by atoms with Crippen molar-refractivity contribution in [1.29, 1.82) is 0 Å². The van der Waals surface area contributed by atoms with E-state index < -0.39 is 5.97 Å². The van der Waals surface area contributed by atoms with Crippen LogP contribution in [0.5, 0.6) is 0 Å². The Balaban J connectivity index is 0.00000121. The third kappa shape index (κ3) is 2.64. The number of halogens is 1. The second kappa shape index (κ2) is 5.38. The standard InChI is InChI=1S/C8H15NO2.ClH/c1-9-7(8(10)11)6-4-2-3-5-6;/h6-7,9H,2-5H2,1H3,(H,10,11);1H. The van der Waals surface area contributed by atoms with E-state index in [1.807, 2.05) is 0 Å². The first-order valence-corrected chi connectivity index (χ1v) is 4.15. The van der Waals surface area contributed by atoms with Crippen molar-refractivity contribution in [3.8, 4) is 0 Å². The average molecular weight is 194 g/mol. The van der Waals surface area contributed by atoms with Crippen LogP contribution in [0.15, 0.2) is 0 Å². The molecule has 0 spiro atoms. The highest BCUT2D eigenvalue weighted by Gasteiger charge is 2.28. The second-order valence-corrected chi connectivity index (χ2v) is 3.15. The van der Waals surface area contributed by atoms with E-state index in [9.17, 15) is 4.79 Å². The zero-order valence-electron chi connectivity index (χ0n) is 7.25. The fourth-order valence-electron chi connectivity index (χ4n) is 1.85. The zero-order valence-corrected chi connectivity index (χ0v) is 8.06. The molecule has 0 heterocycles. The molecule has 3 nitrogen and oxygen atoms in total. The summed E-state index contributed by atoms with van der Waals surface area (Å²) in [5.74, 6) is -0.350. The molecule has 0 bridgehead atoms. The molecular weight excluding hydrogens is 178 g/mol. The predicted molar refractivity (Wildman–Crippen MR) is 49.7 cm³/mol. The molecule has 1 atom stereocenters. The summed E-state index contributed by atoms with van der Waals surface area (Å²) in [6.45, 7) is 0. The molecule has 0 radical (unpaired) electrons. The molecule has 1 rings (SSSR count). The van der Waals surface area contributed by atoms with E-state index in [1.54, 1.807) is 7.05 Å². The van der Waals surface area contributed by atoms with E-state index in [1.165, 1.54) is 12.8 Å². The van der Waals surface area contributed by atoms with Crippen molar-refractivity contribution in [2.75, 3.05) is 7.05 Å². The number of carbonyl (C=O) groups is 1. The molecule has 1 fully saturated rings. The van der Waals surface area contributed by atoms with Crippen molar-refractivity contribution >= 4 is 18.4 Å². The van der Waals surface area contributed by atoms with Gasteiger partial charge in [-0.25, -0.2) is 0 Å². The van der Waals surface area contributed by atoms with Gasteiger partial charge >= 0.3 is 5.97 Å². The molecule has 0 aliphatic heterocycles. The molecule has 1 saturated carbocycles. The van der Waals surface area contributed by atoms with Crippen LogP contribution < -0.4 is 5.32 Å². The Bertz CT molecular complexity index is 146. The van der Waals surface area contributed by atoms with Gasteiger partial charge in [-0.1, -0.05) is 12.8 Å². The van der Waals surface area contributed by atoms with E-state index >= 15 is 0 Å². The van der Waals surface area contributed by atoms with Crippen LogP contribution in [0, 0.1) is 5.92 Å². The molecule has 0 saturated heterocycles. The molecule has 0 aromatic rings. The molecule has 1 aliphatic carbocycles. The molecule has 0 aromatic carbocycles. The molecule has 2 N–H and O–H groups in total. The fraction of sp³-hybridized carbons (Fsp3) is 0.875. The highest BCUT2D eigenvalue weighted by molar-refractivity contribution is 5.85. The summed E-state index contributed by atoms with van der Waals surface area (Å²) in [4.78, 5) is 10.7.